The van der Waals surface area contributed by atoms with E-state index in [9.17, 15) is 13.2 Å². The average molecular weight is 348 g/mol. The first-order valence-corrected chi connectivity index (χ1v) is 7.46. The summed E-state index contributed by atoms with van der Waals surface area (Å²) in [5.74, 6) is 0.144. The number of anilines is 1. The SMILES string of the molecule is Cc1ccc(CNc2ncn(-c3ccc(OC(F)(F)F)cc3)n2)cc1. The summed E-state index contributed by atoms with van der Waals surface area (Å²) in [6.07, 6.45) is -3.22. The third kappa shape index (κ3) is 4.72. The number of ether oxygens (including phenoxy) is 1. The Hall–Kier alpha value is -3.03. The number of aryl methyl sites for hydroxylation is 1. The number of halogens is 3. The van der Waals surface area contributed by atoms with Crippen LogP contribution in [0.4, 0.5) is 19.1 Å². The van der Waals surface area contributed by atoms with Crippen LogP contribution in [0.25, 0.3) is 5.69 Å². The Balaban J connectivity index is 1.63. The van der Waals surface area contributed by atoms with Crippen LogP contribution >= 0.6 is 0 Å². The van der Waals surface area contributed by atoms with Crippen LogP contribution in [0.1, 0.15) is 11.1 Å². The molecule has 0 radical (unpaired) electrons. The molecule has 8 heteroatoms. The largest absolute Gasteiger partial charge is 0.573 e. The van der Waals surface area contributed by atoms with Crippen molar-refractivity contribution >= 4 is 5.95 Å². The van der Waals surface area contributed by atoms with Crippen LogP contribution in [-0.2, 0) is 6.54 Å². The van der Waals surface area contributed by atoms with E-state index < -0.39 is 6.36 Å². The van der Waals surface area contributed by atoms with Crippen molar-refractivity contribution in [2.75, 3.05) is 5.32 Å². The first kappa shape index (κ1) is 16.8. The third-order valence-corrected chi connectivity index (χ3v) is 3.40. The minimum atomic E-state index is -4.71. The van der Waals surface area contributed by atoms with Crippen LogP contribution in [0.5, 0.6) is 5.75 Å². The second kappa shape index (κ2) is 6.84. The number of rotatable bonds is 5. The summed E-state index contributed by atoms with van der Waals surface area (Å²) in [6, 6.07) is 13.5. The van der Waals surface area contributed by atoms with Crippen LogP contribution in [0, 0.1) is 6.92 Å². The molecular weight excluding hydrogens is 333 g/mol. The summed E-state index contributed by atoms with van der Waals surface area (Å²) < 4.78 is 41.8. The highest BCUT2D eigenvalue weighted by Crippen LogP contribution is 2.23. The molecule has 0 spiro atoms. The van der Waals surface area contributed by atoms with Crippen molar-refractivity contribution < 1.29 is 17.9 Å². The van der Waals surface area contributed by atoms with Gasteiger partial charge in [-0.05, 0) is 36.8 Å². The van der Waals surface area contributed by atoms with E-state index in [1.54, 1.807) is 0 Å². The highest BCUT2D eigenvalue weighted by atomic mass is 19.4. The lowest BCUT2D eigenvalue weighted by molar-refractivity contribution is -0.274. The topological polar surface area (TPSA) is 52.0 Å². The Kier molecular flexibility index (Phi) is 4.60. The van der Waals surface area contributed by atoms with Crippen LogP contribution in [0.15, 0.2) is 54.9 Å². The Labute approximate surface area is 142 Å². The molecule has 3 aromatic rings. The van der Waals surface area contributed by atoms with Gasteiger partial charge in [0, 0.05) is 6.54 Å². The summed E-state index contributed by atoms with van der Waals surface area (Å²) in [6.45, 7) is 2.59. The third-order valence-electron chi connectivity index (χ3n) is 3.40. The van der Waals surface area contributed by atoms with Gasteiger partial charge in [-0.3, -0.25) is 0 Å². The van der Waals surface area contributed by atoms with Gasteiger partial charge in [-0.25, -0.2) is 9.67 Å². The minimum Gasteiger partial charge on any atom is -0.406 e. The number of benzene rings is 2. The molecular formula is C17H15F3N4O. The Morgan fingerprint density at radius 2 is 1.72 bits per heavy atom. The molecule has 0 aliphatic rings. The fourth-order valence-electron chi connectivity index (χ4n) is 2.16. The first-order valence-electron chi connectivity index (χ1n) is 7.46. The molecule has 130 valence electrons. The summed E-state index contributed by atoms with van der Waals surface area (Å²) in [7, 11) is 0. The molecule has 0 saturated carbocycles. The molecule has 0 fully saturated rings. The van der Waals surface area contributed by atoms with E-state index in [0.29, 0.717) is 18.2 Å². The van der Waals surface area contributed by atoms with Crippen molar-refractivity contribution in [3.8, 4) is 11.4 Å². The van der Waals surface area contributed by atoms with Crippen LogP contribution in [0.2, 0.25) is 0 Å². The molecule has 0 unspecified atom stereocenters. The highest BCUT2D eigenvalue weighted by Gasteiger charge is 2.30. The van der Waals surface area contributed by atoms with Crippen LogP contribution in [0.3, 0.4) is 0 Å². The summed E-state index contributed by atoms with van der Waals surface area (Å²) in [5.41, 5.74) is 2.85. The van der Waals surface area contributed by atoms with Crippen molar-refractivity contribution in [3.63, 3.8) is 0 Å². The second-order valence-electron chi connectivity index (χ2n) is 5.39. The van der Waals surface area contributed by atoms with Gasteiger partial charge in [-0.1, -0.05) is 29.8 Å². The van der Waals surface area contributed by atoms with E-state index in [2.05, 4.69) is 20.1 Å². The maximum atomic E-state index is 12.2. The van der Waals surface area contributed by atoms with Crippen molar-refractivity contribution in [2.24, 2.45) is 0 Å². The number of nitrogens with one attached hydrogen (secondary N) is 1. The minimum absolute atomic E-state index is 0.283. The van der Waals surface area contributed by atoms with E-state index in [1.807, 2.05) is 31.2 Å². The zero-order valence-corrected chi connectivity index (χ0v) is 13.3. The van der Waals surface area contributed by atoms with Crippen molar-refractivity contribution in [3.05, 3.63) is 66.0 Å². The number of hydrogen-bond donors (Lipinski definition) is 1. The monoisotopic (exact) mass is 348 g/mol. The Morgan fingerprint density at radius 3 is 2.36 bits per heavy atom. The number of aromatic nitrogens is 3. The van der Waals surface area contributed by atoms with E-state index >= 15 is 0 Å². The zero-order valence-electron chi connectivity index (χ0n) is 13.3. The molecule has 0 amide bonds. The molecule has 3 rings (SSSR count). The molecule has 0 aliphatic carbocycles. The predicted octanol–water partition coefficient (Wildman–Crippen LogP) is 4.09. The molecule has 2 aromatic carbocycles. The van der Waals surface area contributed by atoms with E-state index in [1.165, 1.54) is 40.8 Å². The summed E-state index contributed by atoms with van der Waals surface area (Å²) >= 11 is 0. The van der Waals surface area contributed by atoms with Crippen molar-refractivity contribution in [1.29, 1.82) is 0 Å². The smallest absolute Gasteiger partial charge is 0.406 e. The Morgan fingerprint density at radius 1 is 1.04 bits per heavy atom. The van der Waals surface area contributed by atoms with E-state index in [4.69, 9.17) is 0 Å². The maximum Gasteiger partial charge on any atom is 0.573 e. The number of alkyl halides is 3. The van der Waals surface area contributed by atoms with Gasteiger partial charge in [0.05, 0.1) is 5.69 Å². The lowest BCUT2D eigenvalue weighted by Crippen LogP contribution is -2.17. The molecule has 0 aliphatic heterocycles. The fraction of sp³-hybridized carbons (Fsp3) is 0.176. The van der Waals surface area contributed by atoms with Gasteiger partial charge in [0.15, 0.2) is 0 Å². The molecule has 1 heterocycles. The average Bonchev–Trinajstić information content (AvgIpc) is 3.02. The molecule has 1 N–H and O–H groups in total. The van der Waals surface area contributed by atoms with E-state index in [0.717, 1.165) is 5.56 Å². The molecule has 5 nitrogen and oxygen atoms in total. The quantitative estimate of drug-likeness (QED) is 0.755. The Bertz CT molecular complexity index is 826. The number of nitrogens with zero attached hydrogens (tertiary/aromatic N) is 3. The van der Waals surface area contributed by atoms with Gasteiger partial charge in [0.25, 0.3) is 0 Å². The first-order chi connectivity index (χ1) is 11.9. The highest BCUT2D eigenvalue weighted by molar-refractivity contribution is 5.38. The summed E-state index contributed by atoms with van der Waals surface area (Å²) in [5, 5.41) is 7.35. The van der Waals surface area contributed by atoms with E-state index in [-0.39, 0.29) is 5.75 Å². The van der Waals surface area contributed by atoms with Crippen LogP contribution in [-0.4, -0.2) is 21.1 Å². The van der Waals surface area contributed by atoms with Crippen LogP contribution < -0.4 is 10.1 Å². The van der Waals surface area contributed by atoms with Crippen molar-refractivity contribution in [2.45, 2.75) is 19.8 Å². The van der Waals surface area contributed by atoms with Crippen molar-refractivity contribution in [1.82, 2.24) is 14.8 Å². The zero-order chi connectivity index (χ0) is 17.9. The standard InChI is InChI=1S/C17H15F3N4O/c1-12-2-4-13(5-3-12)10-21-16-22-11-24(23-16)14-6-8-15(9-7-14)25-17(18,19)20/h2-9,11H,10H2,1H3,(H,21,23). The lowest BCUT2D eigenvalue weighted by Gasteiger charge is -2.09. The normalized spacial score (nSPS) is 11.4. The van der Waals surface area contributed by atoms with Gasteiger partial charge >= 0.3 is 6.36 Å². The lowest BCUT2D eigenvalue weighted by atomic mass is 10.1. The molecule has 0 saturated heterocycles. The molecule has 0 atom stereocenters. The van der Waals surface area contributed by atoms with Gasteiger partial charge in [-0.2, -0.15) is 0 Å². The van der Waals surface area contributed by atoms with Gasteiger partial charge in [0.1, 0.15) is 12.1 Å². The molecule has 0 bridgehead atoms. The fourth-order valence-corrected chi connectivity index (χ4v) is 2.16. The molecule has 1 aromatic heterocycles. The summed E-state index contributed by atoms with van der Waals surface area (Å²) in [4.78, 5) is 4.14. The van der Waals surface area contributed by atoms with Gasteiger partial charge < -0.3 is 10.1 Å². The van der Waals surface area contributed by atoms with Gasteiger partial charge in [-0.15, -0.1) is 18.3 Å². The maximum absolute atomic E-state index is 12.2. The van der Waals surface area contributed by atoms with Gasteiger partial charge in [0.2, 0.25) is 5.95 Å². The predicted molar refractivity (Wildman–Crippen MR) is 86.5 cm³/mol. The number of hydrogen-bond acceptors (Lipinski definition) is 4. The second-order valence-corrected chi connectivity index (χ2v) is 5.39. The molecule has 25 heavy (non-hydrogen) atoms.